The number of hydrogen-bond donors (Lipinski definition) is 0. The van der Waals surface area contributed by atoms with Crippen LogP contribution in [0.4, 0.5) is 4.39 Å². The number of aryl methyl sites for hydroxylation is 1. The van der Waals surface area contributed by atoms with Gasteiger partial charge in [0.2, 0.25) is 0 Å². The maximum Gasteiger partial charge on any atom is 0.256 e. The second-order valence-electron chi connectivity index (χ2n) is 4.82. The average Bonchev–Trinajstić information content (AvgIpc) is 2.31. The highest BCUT2D eigenvalue weighted by Gasteiger charge is 2.16. The van der Waals surface area contributed by atoms with Gasteiger partial charge in [0.1, 0.15) is 5.82 Å². The van der Waals surface area contributed by atoms with Crippen LogP contribution in [0, 0.1) is 12.7 Å². The Morgan fingerprint density at radius 1 is 1.22 bits per heavy atom. The first-order valence-corrected chi connectivity index (χ1v) is 6.08. The SMILES string of the molecule is Cc1cccc(C(=O)N(C)CCCN(C)C)c1F. The molecule has 0 aliphatic heterocycles. The summed E-state index contributed by atoms with van der Waals surface area (Å²) in [6.45, 7) is 3.20. The lowest BCUT2D eigenvalue weighted by Gasteiger charge is -2.19. The van der Waals surface area contributed by atoms with Crippen molar-refractivity contribution in [2.45, 2.75) is 13.3 Å². The summed E-state index contributed by atoms with van der Waals surface area (Å²) in [5.41, 5.74) is 0.657. The minimum atomic E-state index is -0.415. The number of hydrogen-bond acceptors (Lipinski definition) is 2. The standard InChI is InChI=1S/C14H21FN2O/c1-11-7-5-8-12(13(11)15)14(18)17(4)10-6-9-16(2)3/h5,7-8H,6,9-10H2,1-4H3. The van der Waals surface area contributed by atoms with Crippen molar-refractivity contribution in [2.24, 2.45) is 0 Å². The number of carbonyl (C=O) groups excluding carboxylic acids is 1. The molecule has 1 rings (SSSR count). The van der Waals surface area contributed by atoms with Crippen LogP contribution in [-0.4, -0.2) is 49.9 Å². The molecule has 1 amide bonds. The Bertz CT molecular complexity index is 418. The normalized spacial score (nSPS) is 10.8. The van der Waals surface area contributed by atoms with Crippen molar-refractivity contribution in [3.05, 3.63) is 35.1 Å². The van der Waals surface area contributed by atoms with Gasteiger partial charge in [-0.05, 0) is 45.6 Å². The molecule has 0 aliphatic rings. The van der Waals surface area contributed by atoms with Crippen molar-refractivity contribution in [1.82, 2.24) is 9.80 Å². The molecule has 0 N–H and O–H groups in total. The van der Waals surface area contributed by atoms with E-state index in [0.717, 1.165) is 13.0 Å². The Kier molecular flexibility index (Phi) is 5.28. The maximum atomic E-state index is 13.8. The summed E-state index contributed by atoms with van der Waals surface area (Å²) in [6.07, 6.45) is 0.878. The molecule has 0 fully saturated rings. The van der Waals surface area contributed by atoms with Crippen LogP contribution in [0.1, 0.15) is 22.3 Å². The van der Waals surface area contributed by atoms with Crippen LogP contribution in [0.3, 0.4) is 0 Å². The van der Waals surface area contributed by atoms with Crippen molar-refractivity contribution in [3.63, 3.8) is 0 Å². The lowest BCUT2D eigenvalue weighted by Crippen LogP contribution is -2.30. The van der Waals surface area contributed by atoms with E-state index in [0.29, 0.717) is 12.1 Å². The van der Waals surface area contributed by atoms with Gasteiger partial charge in [0, 0.05) is 13.6 Å². The number of halogens is 1. The van der Waals surface area contributed by atoms with Gasteiger partial charge in [-0.15, -0.1) is 0 Å². The molecule has 3 nitrogen and oxygen atoms in total. The Balaban J connectivity index is 2.66. The Hall–Kier alpha value is -1.42. The third kappa shape index (κ3) is 3.81. The summed E-state index contributed by atoms with van der Waals surface area (Å²) < 4.78 is 13.8. The van der Waals surface area contributed by atoms with E-state index >= 15 is 0 Å². The van der Waals surface area contributed by atoms with Crippen LogP contribution in [0.15, 0.2) is 18.2 Å². The van der Waals surface area contributed by atoms with Crippen LogP contribution in [-0.2, 0) is 0 Å². The van der Waals surface area contributed by atoms with Crippen LogP contribution in [0.2, 0.25) is 0 Å². The van der Waals surface area contributed by atoms with Gasteiger partial charge in [0.15, 0.2) is 0 Å². The largest absolute Gasteiger partial charge is 0.342 e. The van der Waals surface area contributed by atoms with Crippen LogP contribution >= 0.6 is 0 Å². The number of carbonyl (C=O) groups is 1. The van der Waals surface area contributed by atoms with Crippen LogP contribution < -0.4 is 0 Å². The Labute approximate surface area is 108 Å². The zero-order chi connectivity index (χ0) is 13.7. The molecule has 100 valence electrons. The van der Waals surface area contributed by atoms with Crippen molar-refractivity contribution >= 4 is 5.91 Å². The quantitative estimate of drug-likeness (QED) is 0.801. The fraction of sp³-hybridized carbons (Fsp3) is 0.500. The third-order valence-corrected chi connectivity index (χ3v) is 2.87. The van der Waals surface area contributed by atoms with Gasteiger partial charge in [-0.2, -0.15) is 0 Å². The molecule has 0 aliphatic carbocycles. The first kappa shape index (κ1) is 14.6. The number of amides is 1. The molecule has 0 heterocycles. The van der Waals surface area contributed by atoms with Crippen molar-refractivity contribution in [2.75, 3.05) is 34.2 Å². The highest BCUT2D eigenvalue weighted by molar-refractivity contribution is 5.94. The Morgan fingerprint density at radius 2 is 1.89 bits per heavy atom. The lowest BCUT2D eigenvalue weighted by molar-refractivity contribution is 0.0786. The molecular weight excluding hydrogens is 231 g/mol. The fourth-order valence-electron chi connectivity index (χ4n) is 1.74. The van der Waals surface area contributed by atoms with Gasteiger partial charge in [-0.1, -0.05) is 12.1 Å². The summed E-state index contributed by atoms with van der Waals surface area (Å²) in [6, 6.07) is 4.91. The molecule has 1 aromatic rings. The zero-order valence-corrected chi connectivity index (χ0v) is 11.5. The number of benzene rings is 1. The predicted molar refractivity (Wildman–Crippen MR) is 71.3 cm³/mol. The number of rotatable bonds is 5. The molecule has 0 saturated heterocycles. The fourth-order valence-corrected chi connectivity index (χ4v) is 1.74. The smallest absolute Gasteiger partial charge is 0.256 e. The van der Waals surface area contributed by atoms with E-state index in [1.807, 2.05) is 14.1 Å². The molecule has 0 aromatic heterocycles. The van der Waals surface area contributed by atoms with Gasteiger partial charge in [-0.25, -0.2) is 4.39 Å². The summed E-state index contributed by atoms with van der Waals surface area (Å²) >= 11 is 0. The molecule has 4 heteroatoms. The molecule has 1 aromatic carbocycles. The highest BCUT2D eigenvalue weighted by Crippen LogP contribution is 2.13. The van der Waals surface area contributed by atoms with E-state index in [-0.39, 0.29) is 11.5 Å². The monoisotopic (exact) mass is 252 g/mol. The van der Waals surface area contributed by atoms with E-state index in [1.165, 1.54) is 6.07 Å². The van der Waals surface area contributed by atoms with Gasteiger partial charge in [0.25, 0.3) is 5.91 Å². The summed E-state index contributed by atoms with van der Waals surface area (Å²) in [5.74, 6) is -0.670. The van der Waals surface area contributed by atoms with E-state index in [2.05, 4.69) is 4.90 Å². The second kappa shape index (κ2) is 6.50. The molecule has 0 saturated carbocycles. The van der Waals surface area contributed by atoms with E-state index < -0.39 is 5.82 Å². The minimum absolute atomic E-state index is 0.155. The maximum absolute atomic E-state index is 13.8. The van der Waals surface area contributed by atoms with Gasteiger partial charge >= 0.3 is 0 Å². The predicted octanol–water partition coefficient (Wildman–Crippen LogP) is 2.16. The molecule has 0 unspecified atom stereocenters. The molecule has 0 atom stereocenters. The van der Waals surface area contributed by atoms with E-state index in [9.17, 15) is 9.18 Å². The first-order chi connectivity index (χ1) is 8.43. The highest BCUT2D eigenvalue weighted by atomic mass is 19.1. The minimum Gasteiger partial charge on any atom is -0.342 e. The first-order valence-electron chi connectivity index (χ1n) is 6.08. The average molecular weight is 252 g/mol. The van der Waals surface area contributed by atoms with E-state index in [1.54, 1.807) is 31.0 Å². The summed E-state index contributed by atoms with van der Waals surface area (Å²) in [7, 11) is 5.68. The van der Waals surface area contributed by atoms with Gasteiger partial charge in [-0.3, -0.25) is 4.79 Å². The summed E-state index contributed by atoms with van der Waals surface area (Å²) in [4.78, 5) is 15.7. The van der Waals surface area contributed by atoms with Crippen molar-refractivity contribution in [1.29, 1.82) is 0 Å². The lowest BCUT2D eigenvalue weighted by atomic mass is 10.1. The van der Waals surface area contributed by atoms with Crippen molar-refractivity contribution < 1.29 is 9.18 Å². The summed E-state index contributed by atoms with van der Waals surface area (Å²) in [5, 5.41) is 0. The van der Waals surface area contributed by atoms with Crippen LogP contribution in [0.25, 0.3) is 0 Å². The third-order valence-electron chi connectivity index (χ3n) is 2.87. The Morgan fingerprint density at radius 3 is 2.50 bits per heavy atom. The molecule has 0 spiro atoms. The molecular formula is C14H21FN2O. The van der Waals surface area contributed by atoms with E-state index in [4.69, 9.17) is 0 Å². The molecule has 0 radical (unpaired) electrons. The van der Waals surface area contributed by atoms with Gasteiger partial charge in [0.05, 0.1) is 5.56 Å². The van der Waals surface area contributed by atoms with Crippen molar-refractivity contribution in [3.8, 4) is 0 Å². The topological polar surface area (TPSA) is 23.6 Å². The van der Waals surface area contributed by atoms with Gasteiger partial charge < -0.3 is 9.80 Å². The zero-order valence-electron chi connectivity index (χ0n) is 11.5. The number of nitrogens with zero attached hydrogens (tertiary/aromatic N) is 2. The van der Waals surface area contributed by atoms with Crippen LogP contribution in [0.5, 0.6) is 0 Å². The molecule has 0 bridgehead atoms. The second-order valence-corrected chi connectivity index (χ2v) is 4.82. The molecule has 18 heavy (non-hydrogen) atoms.